The first kappa shape index (κ1) is 24.4. The normalized spacial score (nSPS) is 14.1. The number of amides is 2. The molecule has 0 atom stereocenters. The zero-order valence-corrected chi connectivity index (χ0v) is 19.6. The smallest absolute Gasteiger partial charge is 0.378 e. The predicted molar refractivity (Wildman–Crippen MR) is 125 cm³/mol. The first-order chi connectivity index (χ1) is 17.6. The van der Waals surface area contributed by atoms with E-state index in [1.165, 1.54) is 23.1 Å². The zero-order valence-electron chi connectivity index (χ0n) is 19.6. The number of anilines is 1. The van der Waals surface area contributed by atoms with Gasteiger partial charge in [0.15, 0.2) is 0 Å². The molecule has 1 aliphatic rings. The second kappa shape index (κ2) is 9.32. The van der Waals surface area contributed by atoms with E-state index in [9.17, 15) is 22.8 Å². The number of likely N-dealkylation sites (tertiary alicyclic amines) is 1. The molecule has 4 aromatic rings. The molecular formula is C24H22F3N7O3. The van der Waals surface area contributed by atoms with Gasteiger partial charge in [-0.15, -0.1) is 10.2 Å². The summed E-state index contributed by atoms with van der Waals surface area (Å²) in [7, 11) is 0. The van der Waals surface area contributed by atoms with Gasteiger partial charge in [0.2, 0.25) is 17.7 Å². The number of carbonyl (C=O) groups is 2. The topological polar surface area (TPSA) is 123 Å². The molecule has 1 aliphatic heterocycles. The number of hydrogen-bond donors (Lipinski definition) is 1. The number of carbonyl (C=O) groups excluding carboxylic acids is 2. The van der Waals surface area contributed by atoms with Crippen LogP contribution in [0.25, 0.3) is 17.1 Å². The van der Waals surface area contributed by atoms with Crippen LogP contribution < -0.4 is 10.6 Å². The Hall–Kier alpha value is -4.26. The zero-order chi connectivity index (χ0) is 26.3. The molecule has 1 saturated heterocycles. The van der Waals surface area contributed by atoms with Gasteiger partial charge in [0.1, 0.15) is 11.5 Å². The van der Waals surface area contributed by atoms with E-state index in [0.717, 1.165) is 0 Å². The SMILES string of the molecule is CCC(=O)N1CC(C(=O)N(Cc2cn3ccc(-c4nnc(C(N)(F)F)o4)cc3n2)c2cccc(F)c2)C1. The average molecular weight is 513 g/mol. The number of nitrogens with two attached hydrogens (primary N) is 1. The van der Waals surface area contributed by atoms with Crippen molar-refractivity contribution >= 4 is 23.1 Å². The van der Waals surface area contributed by atoms with Crippen molar-refractivity contribution in [3.05, 3.63) is 66.2 Å². The van der Waals surface area contributed by atoms with E-state index in [1.54, 1.807) is 46.8 Å². The lowest BCUT2D eigenvalue weighted by Gasteiger charge is -2.40. The van der Waals surface area contributed by atoms with Gasteiger partial charge in [-0.1, -0.05) is 13.0 Å². The minimum absolute atomic E-state index is 0.0268. The van der Waals surface area contributed by atoms with Crippen LogP contribution in [0.2, 0.25) is 0 Å². The molecule has 1 aromatic carbocycles. The second-order valence-corrected chi connectivity index (χ2v) is 8.70. The Morgan fingerprint density at radius 2 is 2.00 bits per heavy atom. The quantitative estimate of drug-likeness (QED) is 0.377. The number of benzene rings is 1. The number of fused-ring (bicyclic) bond motifs is 1. The molecule has 0 unspecified atom stereocenters. The second-order valence-electron chi connectivity index (χ2n) is 8.70. The third-order valence-electron chi connectivity index (χ3n) is 6.06. The van der Waals surface area contributed by atoms with Gasteiger partial charge in [-0.05, 0) is 30.3 Å². The summed E-state index contributed by atoms with van der Waals surface area (Å²) in [5.41, 5.74) is 6.35. The molecule has 0 aliphatic carbocycles. The van der Waals surface area contributed by atoms with Gasteiger partial charge in [0.05, 0.1) is 18.2 Å². The van der Waals surface area contributed by atoms with Crippen LogP contribution in [0.3, 0.4) is 0 Å². The van der Waals surface area contributed by atoms with E-state index in [1.807, 2.05) is 0 Å². The standard InChI is InChI=1S/C24H22F3N7O3/c1-2-20(35)33-10-15(11-33)22(36)34(18-5-3-4-16(25)9-18)13-17-12-32-7-6-14(8-19(32)29-17)21-30-31-23(37-21)24(26,27)28/h3-9,12,15H,2,10-11,13,28H2,1H3. The summed E-state index contributed by atoms with van der Waals surface area (Å²) in [6.45, 7) is 2.41. The largest absolute Gasteiger partial charge is 0.414 e. The molecule has 0 radical (unpaired) electrons. The fourth-order valence-corrected chi connectivity index (χ4v) is 4.10. The Morgan fingerprint density at radius 1 is 1.22 bits per heavy atom. The monoisotopic (exact) mass is 513 g/mol. The highest BCUT2D eigenvalue weighted by Crippen LogP contribution is 2.27. The molecule has 3 aromatic heterocycles. The molecule has 0 spiro atoms. The third kappa shape index (κ3) is 4.89. The summed E-state index contributed by atoms with van der Waals surface area (Å²) >= 11 is 0. The predicted octanol–water partition coefficient (Wildman–Crippen LogP) is 2.93. The lowest BCUT2D eigenvalue weighted by atomic mass is 9.97. The number of pyridine rings is 1. The van der Waals surface area contributed by atoms with Crippen molar-refractivity contribution in [1.29, 1.82) is 0 Å². The summed E-state index contributed by atoms with van der Waals surface area (Å²) in [4.78, 5) is 32.9. The molecule has 0 bridgehead atoms. The number of rotatable bonds is 7. The Kier molecular flexibility index (Phi) is 6.15. The Balaban J connectivity index is 1.41. The van der Waals surface area contributed by atoms with Crippen molar-refractivity contribution in [3.8, 4) is 11.5 Å². The summed E-state index contributed by atoms with van der Waals surface area (Å²) in [5, 5.41) is 6.90. The maximum Gasteiger partial charge on any atom is 0.378 e. The Bertz CT molecular complexity index is 1470. The van der Waals surface area contributed by atoms with Crippen LogP contribution in [0.15, 0.2) is 53.2 Å². The summed E-state index contributed by atoms with van der Waals surface area (Å²) in [6, 6.07) is 5.06. The van der Waals surface area contributed by atoms with Gasteiger partial charge < -0.3 is 18.6 Å². The van der Waals surface area contributed by atoms with Crippen LogP contribution in [0, 0.1) is 11.7 Å². The number of alkyl halides is 2. The van der Waals surface area contributed by atoms with E-state index >= 15 is 0 Å². The van der Waals surface area contributed by atoms with Crippen molar-refractivity contribution in [2.45, 2.75) is 25.9 Å². The van der Waals surface area contributed by atoms with Gasteiger partial charge in [-0.25, -0.2) is 9.37 Å². The lowest BCUT2D eigenvalue weighted by molar-refractivity contribution is -0.141. The highest BCUT2D eigenvalue weighted by atomic mass is 19.3. The first-order valence-electron chi connectivity index (χ1n) is 11.5. The number of hydrogen-bond acceptors (Lipinski definition) is 7. The minimum Gasteiger partial charge on any atom is -0.414 e. The van der Waals surface area contributed by atoms with Gasteiger partial charge in [-0.3, -0.25) is 15.3 Å². The van der Waals surface area contributed by atoms with Crippen LogP contribution in [0.4, 0.5) is 18.9 Å². The highest BCUT2D eigenvalue weighted by Gasteiger charge is 2.38. The van der Waals surface area contributed by atoms with Crippen molar-refractivity contribution in [2.75, 3.05) is 18.0 Å². The van der Waals surface area contributed by atoms with E-state index in [2.05, 4.69) is 15.2 Å². The van der Waals surface area contributed by atoms with Crippen molar-refractivity contribution in [2.24, 2.45) is 11.7 Å². The number of halogens is 3. The molecule has 13 heteroatoms. The summed E-state index contributed by atoms with van der Waals surface area (Å²) < 4.78 is 47.2. The molecule has 0 saturated carbocycles. The maximum atomic E-state index is 14.0. The Labute approximate surface area is 208 Å². The fourth-order valence-electron chi connectivity index (χ4n) is 4.10. The van der Waals surface area contributed by atoms with E-state index < -0.39 is 23.7 Å². The molecule has 5 rings (SSSR count). The van der Waals surface area contributed by atoms with E-state index in [0.29, 0.717) is 42.1 Å². The molecule has 1 fully saturated rings. The van der Waals surface area contributed by atoms with Gasteiger partial charge in [0, 0.05) is 43.2 Å². The lowest BCUT2D eigenvalue weighted by Crippen LogP contribution is -2.56. The number of aromatic nitrogens is 4. The Morgan fingerprint density at radius 3 is 2.68 bits per heavy atom. The molecular weight excluding hydrogens is 491 g/mol. The summed E-state index contributed by atoms with van der Waals surface area (Å²) in [5.74, 6) is -2.33. The van der Waals surface area contributed by atoms with Gasteiger partial charge in [-0.2, -0.15) is 8.78 Å². The number of imidazole rings is 1. The summed E-state index contributed by atoms with van der Waals surface area (Å²) in [6.07, 6.45) is 3.68. The molecule has 37 heavy (non-hydrogen) atoms. The van der Waals surface area contributed by atoms with Crippen molar-refractivity contribution in [3.63, 3.8) is 0 Å². The highest BCUT2D eigenvalue weighted by molar-refractivity contribution is 5.96. The molecule has 2 amide bonds. The average Bonchev–Trinajstić information content (AvgIpc) is 3.48. The first-order valence-corrected chi connectivity index (χ1v) is 11.5. The molecule has 192 valence electrons. The molecule has 10 nitrogen and oxygen atoms in total. The van der Waals surface area contributed by atoms with Crippen molar-refractivity contribution in [1.82, 2.24) is 24.5 Å². The van der Waals surface area contributed by atoms with Crippen molar-refractivity contribution < 1.29 is 27.2 Å². The van der Waals surface area contributed by atoms with Gasteiger partial charge in [0.25, 0.3) is 0 Å². The molecule has 4 heterocycles. The van der Waals surface area contributed by atoms with Crippen LogP contribution in [0.5, 0.6) is 0 Å². The fraction of sp³-hybridized carbons (Fsp3) is 0.292. The number of nitrogens with zero attached hydrogens (tertiary/aromatic N) is 6. The van der Waals surface area contributed by atoms with Crippen LogP contribution in [-0.4, -0.2) is 49.4 Å². The molecule has 2 N–H and O–H groups in total. The van der Waals surface area contributed by atoms with Gasteiger partial charge >= 0.3 is 11.9 Å². The maximum absolute atomic E-state index is 14.0. The van der Waals surface area contributed by atoms with Crippen LogP contribution >= 0.6 is 0 Å². The van der Waals surface area contributed by atoms with E-state index in [4.69, 9.17) is 10.2 Å². The van der Waals surface area contributed by atoms with E-state index in [-0.39, 0.29) is 24.2 Å². The minimum atomic E-state index is -3.76. The van der Waals surface area contributed by atoms with Crippen LogP contribution in [0.1, 0.15) is 24.9 Å². The van der Waals surface area contributed by atoms with Crippen LogP contribution in [-0.2, 0) is 22.2 Å². The third-order valence-corrected chi connectivity index (χ3v) is 6.06.